The van der Waals surface area contributed by atoms with Gasteiger partial charge in [-0.1, -0.05) is 54.9 Å². The molecule has 1 fully saturated rings. The number of nitrogens with two attached hydrogens (primary N) is 1. The zero-order valence-corrected chi connectivity index (χ0v) is 23.0. The molecule has 9 heteroatoms. The van der Waals surface area contributed by atoms with E-state index in [9.17, 15) is 4.79 Å². The first-order chi connectivity index (χ1) is 19.0. The molecule has 2 N–H and O–H groups in total. The molecule has 0 aliphatic carbocycles. The number of aromatic nitrogens is 3. The molecule has 2 aromatic carbocycles. The molecule has 39 heavy (non-hydrogen) atoms. The van der Waals surface area contributed by atoms with Crippen molar-refractivity contribution in [3.63, 3.8) is 0 Å². The van der Waals surface area contributed by atoms with Crippen LogP contribution in [0.15, 0.2) is 73.1 Å². The number of halogens is 1. The van der Waals surface area contributed by atoms with E-state index in [4.69, 9.17) is 22.1 Å². The molecule has 202 valence electrons. The number of anilines is 1. The molecule has 4 aromatic rings. The van der Waals surface area contributed by atoms with E-state index in [2.05, 4.69) is 28.8 Å². The first-order valence-corrected chi connectivity index (χ1v) is 13.6. The molecule has 0 unspecified atom stereocenters. The predicted molar refractivity (Wildman–Crippen MR) is 156 cm³/mol. The smallest absolute Gasteiger partial charge is 0.246 e. The van der Waals surface area contributed by atoms with Gasteiger partial charge in [0.2, 0.25) is 5.91 Å². The second kappa shape index (κ2) is 11.9. The van der Waals surface area contributed by atoms with E-state index in [1.807, 2.05) is 70.1 Å². The summed E-state index contributed by atoms with van der Waals surface area (Å²) in [6.07, 6.45) is 6.92. The monoisotopic (exact) mass is 544 g/mol. The van der Waals surface area contributed by atoms with Crippen molar-refractivity contribution in [1.82, 2.24) is 24.3 Å². The lowest BCUT2D eigenvalue weighted by atomic mass is 10.1. The van der Waals surface area contributed by atoms with Crippen molar-refractivity contribution in [3.05, 3.63) is 78.2 Å². The molecule has 0 spiro atoms. The van der Waals surface area contributed by atoms with Crippen LogP contribution in [0.4, 0.5) is 5.82 Å². The number of nitrogens with zero attached hydrogens (tertiary/aromatic N) is 5. The molecule has 1 aliphatic rings. The van der Waals surface area contributed by atoms with E-state index >= 15 is 0 Å². The van der Waals surface area contributed by atoms with Gasteiger partial charge < -0.3 is 24.8 Å². The lowest BCUT2D eigenvalue weighted by Crippen LogP contribution is -2.28. The number of amides is 1. The maximum Gasteiger partial charge on any atom is 0.246 e. The van der Waals surface area contributed by atoms with E-state index < -0.39 is 0 Å². The standard InChI is InChI=1S/C30H33ClN6O2/c1-3-16-35(2)17-7-10-25(38)36-18-15-22(19-36)37-28(31)26(27-29(32)33-20-34-30(27)37)21-11-13-24(14-12-21)39-23-8-5-4-6-9-23/h4-14,20,22H,3,15-19H2,1-2H3,(H2,32,33,34)/b10-7+/t22-/m1/s1. The highest BCUT2D eigenvalue weighted by Gasteiger charge is 2.31. The molecule has 1 atom stereocenters. The summed E-state index contributed by atoms with van der Waals surface area (Å²) in [4.78, 5) is 25.7. The fourth-order valence-corrected chi connectivity index (χ4v) is 5.53. The SMILES string of the molecule is CCCN(C)C/C=C/C(=O)N1CC[C@@H](n2c(Cl)c(-c3ccc(Oc4ccccc4)cc3)c3c(N)ncnc32)C1. The number of fused-ring (bicyclic) bond motifs is 1. The summed E-state index contributed by atoms with van der Waals surface area (Å²) in [6, 6.07) is 17.3. The van der Waals surface area contributed by atoms with Gasteiger partial charge >= 0.3 is 0 Å². The maximum atomic E-state index is 12.9. The van der Waals surface area contributed by atoms with Crippen LogP contribution in [0.25, 0.3) is 22.2 Å². The molecule has 2 aromatic heterocycles. The normalized spacial score (nSPS) is 15.6. The lowest BCUT2D eigenvalue weighted by Gasteiger charge is -2.17. The highest BCUT2D eigenvalue weighted by molar-refractivity contribution is 6.35. The number of likely N-dealkylation sites (N-methyl/N-ethyl adjacent to an activating group) is 1. The average Bonchev–Trinajstić information content (AvgIpc) is 3.53. The summed E-state index contributed by atoms with van der Waals surface area (Å²) in [5.74, 6) is 1.86. The molecule has 3 heterocycles. The summed E-state index contributed by atoms with van der Waals surface area (Å²) in [5, 5.41) is 1.24. The number of carbonyl (C=O) groups excluding carboxylic acids is 1. The Morgan fingerprint density at radius 1 is 1.15 bits per heavy atom. The molecule has 0 bridgehead atoms. The molecule has 1 aliphatic heterocycles. The van der Waals surface area contributed by atoms with Crippen molar-refractivity contribution in [1.29, 1.82) is 0 Å². The van der Waals surface area contributed by atoms with E-state index in [0.717, 1.165) is 42.8 Å². The topological polar surface area (TPSA) is 89.5 Å². The zero-order chi connectivity index (χ0) is 27.4. The van der Waals surface area contributed by atoms with Crippen LogP contribution in [0.2, 0.25) is 5.15 Å². The van der Waals surface area contributed by atoms with E-state index in [0.29, 0.717) is 40.8 Å². The Balaban J connectivity index is 1.40. The first kappa shape index (κ1) is 26.7. The molecule has 1 saturated heterocycles. The largest absolute Gasteiger partial charge is 0.457 e. The third-order valence-corrected chi connectivity index (χ3v) is 7.37. The van der Waals surface area contributed by atoms with Gasteiger partial charge in [-0.25, -0.2) is 9.97 Å². The van der Waals surface area contributed by atoms with Gasteiger partial charge in [0, 0.05) is 31.3 Å². The third-order valence-electron chi connectivity index (χ3n) is 7.00. The maximum absolute atomic E-state index is 12.9. The van der Waals surface area contributed by atoms with Crippen molar-refractivity contribution < 1.29 is 9.53 Å². The number of likely N-dealkylation sites (tertiary alicyclic amines) is 1. The molecule has 0 radical (unpaired) electrons. The highest BCUT2D eigenvalue weighted by Crippen LogP contribution is 2.43. The second-order valence-electron chi connectivity index (χ2n) is 9.82. The van der Waals surface area contributed by atoms with Crippen LogP contribution in [-0.4, -0.2) is 63.5 Å². The average molecular weight is 545 g/mol. The van der Waals surface area contributed by atoms with Crippen molar-refractivity contribution in [2.45, 2.75) is 25.8 Å². The zero-order valence-electron chi connectivity index (χ0n) is 22.3. The summed E-state index contributed by atoms with van der Waals surface area (Å²) in [7, 11) is 2.05. The number of benzene rings is 2. The lowest BCUT2D eigenvalue weighted by molar-refractivity contribution is -0.125. The van der Waals surface area contributed by atoms with Crippen LogP contribution in [0.5, 0.6) is 11.5 Å². The minimum Gasteiger partial charge on any atom is -0.457 e. The second-order valence-corrected chi connectivity index (χ2v) is 10.2. The highest BCUT2D eigenvalue weighted by atomic mass is 35.5. The fourth-order valence-electron chi connectivity index (χ4n) is 5.10. The third kappa shape index (κ3) is 5.77. The summed E-state index contributed by atoms with van der Waals surface area (Å²) in [5.41, 5.74) is 8.69. The number of para-hydroxylation sites is 1. The Morgan fingerprint density at radius 2 is 1.90 bits per heavy atom. The molecular weight excluding hydrogens is 512 g/mol. The molecule has 0 saturated carbocycles. The van der Waals surface area contributed by atoms with Crippen molar-refractivity contribution >= 4 is 34.4 Å². The van der Waals surface area contributed by atoms with Crippen LogP contribution in [0.3, 0.4) is 0 Å². The van der Waals surface area contributed by atoms with Crippen LogP contribution in [-0.2, 0) is 4.79 Å². The van der Waals surface area contributed by atoms with Crippen LogP contribution < -0.4 is 10.5 Å². The molecular formula is C30H33ClN6O2. The molecule has 5 rings (SSSR count). The van der Waals surface area contributed by atoms with Crippen LogP contribution in [0, 0.1) is 0 Å². The first-order valence-electron chi connectivity index (χ1n) is 13.2. The van der Waals surface area contributed by atoms with Gasteiger partial charge in [0.1, 0.15) is 34.4 Å². The minimum atomic E-state index is -0.0242. The van der Waals surface area contributed by atoms with E-state index in [1.54, 1.807) is 6.08 Å². The number of hydrogen-bond donors (Lipinski definition) is 1. The van der Waals surface area contributed by atoms with Crippen molar-refractivity contribution in [2.75, 3.05) is 39.0 Å². The number of hydrogen-bond acceptors (Lipinski definition) is 6. The van der Waals surface area contributed by atoms with Gasteiger partial charge in [-0.3, -0.25) is 4.79 Å². The summed E-state index contributed by atoms with van der Waals surface area (Å²) in [6.45, 7) is 5.09. The Bertz CT molecular complexity index is 1470. The number of ether oxygens (including phenoxy) is 1. The number of rotatable bonds is 9. The van der Waals surface area contributed by atoms with E-state index in [1.165, 1.54) is 6.33 Å². The Labute approximate surface area is 233 Å². The predicted octanol–water partition coefficient (Wildman–Crippen LogP) is 5.80. The van der Waals surface area contributed by atoms with Gasteiger partial charge in [-0.05, 0) is 56.3 Å². The van der Waals surface area contributed by atoms with E-state index in [-0.39, 0.29) is 11.9 Å². The van der Waals surface area contributed by atoms with Crippen LogP contribution in [0.1, 0.15) is 25.8 Å². The van der Waals surface area contributed by atoms with Gasteiger partial charge in [-0.15, -0.1) is 0 Å². The molecule has 8 nitrogen and oxygen atoms in total. The quantitative estimate of drug-likeness (QED) is 0.268. The van der Waals surface area contributed by atoms with Crippen molar-refractivity contribution in [3.8, 4) is 22.6 Å². The van der Waals surface area contributed by atoms with Crippen molar-refractivity contribution in [2.24, 2.45) is 0 Å². The van der Waals surface area contributed by atoms with Gasteiger partial charge in [0.15, 0.2) is 0 Å². The van der Waals surface area contributed by atoms with Gasteiger partial charge in [0.25, 0.3) is 0 Å². The van der Waals surface area contributed by atoms with Crippen LogP contribution >= 0.6 is 11.6 Å². The Hall–Kier alpha value is -3.88. The van der Waals surface area contributed by atoms with Gasteiger partial charge in [0.05, 0.1) is 11.4 Å². The number of nitrogen functional groups attached to an aromatic ring is 1. The number of carbonyl (C=O) groups is 1. The summed E-state index contributed by atoms with van der Waals surface area (Å²) < 4.78 is 7.96. The Morgan fingerprint density at radius 3 is 2.64 bits per heavy atom. The minimum absolute atomic E-state index is 0.0124. The summed E-state index contributed by atoms with van der Waals surface area (Å²) >= 11 is 7.07. The Kier molecular flexibility index (Phi) is 8.14. The fraction of sp³-hybridized carbons (Fsp3) is 0.300. The van der Waals surface area contributed by atoms with Gasteiger partial charge in [-0.2, -0.15) is 0 Å². The molecule has 1 amide bonds.